The zero-order valence-corrected chi connectivity index (χ0v) is 12.1. The lowest BCUT2D eigenvalue weighted by atomic mass is 10.1. The summed E-state index contributed by atoms with van der Waals surface area (Å²) in [4.78, 5) is 0. The third-order valence-corrected chi connectivity index (χ3v) is 3.42. The Morgan fingerprint density at radius 2 is 1.10 bits per heavy atom. The van der Waals surface area contributed by atoms with Crippen LogP contribution in [0.15, 0.2) is 84.9 Å². The normalized spacial score (nSPS) is 10.1. The number of nitrogens with zero attached hydrogens (tertiary/aromatic N) is 1. The molecule has 0 radical (unpaired) electrons. The SMILES string of the molecule is Cc1ccc(C=[N+](c2ccccc2)c2ccccc2)cc1. The molecule has 0 bridgehead atoms. The molecule has 1 heteroatoms. The van der Waals surface area contributed by atoms with Gasteiger partial charge in [-0.15, -0.1) is 0 Å². The summed E-state index contributed by atoms with van der Waals surface area (Å²) in [5.74, 6) is 0. The van der Waals surface area contributed by atoms with Gasteiger partial charge in [-0.25, -0.2) is 0 Å². The van der Waals surface area contributed by atoms with Crippen molar-refractivity contribution >= 4 is 17.6 Å². The third kappa shape index (κ3) is 3.26. The van der Waals surface area contributed by atoms with Crippen LogP contribution in [0.2, 0.25) is 0 Å². The largest absolute Gasteiger partial charge is 0.211 e. The molecule has 21 heavy (non-hydrogen) atoms. The van der Waals surface area contributed by atoms with Gasteiger partial charge in [-0.05, 0) is 19.1 Å². The highest BCUT2D eigenvalue weighted by Gasteiger charge is 2.12. The van der Waals surface area contributed by atoms with Gasteiger partial charge in [0, 0.05) is 29.8 Å². The predicted molar refractivity (Wildman–Crippen MR) is 90.7 cm³/mol. The fourth-order valence-corrected chi connectivity index (χ4v) is 2.28. The summed E-state index contributed by atoms with van der Waals surface area (Å²) in [6, 6.07) is 29.4. The van der Waals surface area contributed by atoms with Crippen molar-refractivity contribution in [1.82, 2.24) is 4.58 Å². The fourth-order valence-electron chi connectivity index (χ4n) is 2.28. The second kappa shape index (κ2) is 6.19. The van der Waals surface area contributed by atoms with Crippen LogP contribution < -0.4 is 4.58 Å². The average molecular weight is 272 g/mol. The molecule has 0 unspecified atom stereocenters. The molecule has 3 aromatic rings. The molecule has 1 nitrogen and oxygen atoms in total. The van der Waals surface area contributed by atoms with Crippen LogP contribution in [0.3, 0.4) is 0 Å². The quantitative estimate of drug-likeness (QED) is 0.469. The van der Waals surface area contributed by atoms with Crippen molar-refractivity contribution in [3.8, 4) is 0 Å². The highest BCUT2D eigenvalue weighted by molar-refractivity contribution is 5.85. The summed E-state index contributed by atoms with van der Waals surface area (Å²) >= 11 is 0. The summed E-state index contributed by atoms with van der Waals surface area (Å²) in [7, 11) is 0. The molecule has 0 spiro atoms. The van der Waals surface area contributed by atoms with Gasteiger partial charge in [-0.1, -0.05) is 54.1 Å². The van der Waals surface area contributed by atoms with E-state index in [2.05, 4.69) is 90.5 Å². The van der Waals surface area contributed by atoms with E-state index >= 15 is 0 Å². The molecule has 3 aromatic carbocycles. The topological polar surface area (TPSA) is 3.01 Å². The predicted octanol–water partition coefficient (Wildman–Crippen LogP) is 4.95. The first kappa shape index (κ1) is 13.3. The Labute approximate surface area is 125 Å². The first-order valence-electron chi connectivity index (χ1n) is 7.14. The smallest absolute Gasteiger partial charge is 0.160 e. The van der Waals surface area contributed by atoms with E-state index in [4.69, 9.17) is 0 Å². The molecular formula is C20H18N+. The van der Waals surface area contributed by atoms with Gasteiger partial charge in [-0.3, -0.25) is 0 Å². The second-order valence-corrected chi connectivity index (χ2v) is 5.08. The van der Waals surface area contributed by atoms with E-state index in [0.29, 0.717) is 0 Å². The standard InChI is InChI=1S/C20H18N/c1-17-12-14-18(15-13-17)16-21(19-8-4-2-5-9-19)20-10-6-3-7-11-20/h2-16H,1H3/q+1. The number of para-hydroxylation sites is 2. The molecule has 0 heterocycles. The molecular weight excluding hydrogens is 254 g/mol. The van der Waals surface area contributed by atoms with E-state index in [1.54, 1.807) is 0 Å². The molecule has 0 N–H and O–H groups in total. The van der Waals surface area contributed by atoms with Crippen molar-refractivity contribution < 1.29 is 0 Å². The Balaban J connectivity index is 2.10. The van der Waals surface area contributed by atoms with Gasteiger partial charge in [0.2, 0.25) is 11.4 Å². The van der Waals surface area contributed by atoms with Crippen molar-refractivity contribution in [3.63, 3.8) is 0 Å². The van der Waals surface area contributed by atoms with Crippen LogP contribution in [0.1, 0.15) is 11.1 Å². The third-order valence-electron chi connectivity index (χ3n) is 3.42. The van der Waals surface area contributed by atoms with Crippen LogP contribution in [0.4, 0.5) is 11.4 Å². The Morgan fingerprint density at radius 3 is 1.57 bits per heavy atom. The molecule has 0 saturated carbocycles. The summed E-state index contributed by atoms with van der Waals surface area (Å²) in [6.45, 7) is 2.11. The number of benzene rings is 3. The van der Waals surface area contributed by atoms with E-state index in [1.165, 1.54) is 11.1 Å². The second-order valence-electron chi connectivity index (χ2n) is 5.08. The molecule has 102 valence electrons. The summed E-state index contributed by atoms with van der Waals surface area (Å²) in [6.07, 6.45) is 2.17. The maximum atomic E-state index is 2.21. The van der Waals surface area contributed by atoms with Gasteiger partial charge in [-0.2, -0.15) is 4.58 Å². The zero-order chi connectivity index (χ0) is 14.5. The summed E-state index contributed by atoms with van der Waals surface area (Å²) in [5, 5.41) is 0. The van der Waals surface area contributed by atoms with Crippen LogP contribution in [-0.4, -0.2) is 6.21 Å². The first-order chi connectivity index (χ1) is 10.3. The number of hydrogen-bond acceptors (Lipinski definition) is 0. The van der Waals surface area contributed by atoms with Crippen LogP contribution in [-0.2, 0) is 0 Å². The summed E-state index contributed by atoms with van der Waals surface area (Å²) in [5.41, 5.74) is 4.78. The first-order valence-corrected chi connectivity index (χ1v) is 7.14. The van der Waals surface area contributed by atoms with Gasteiger partial charge >= 0.3 is 0 Å². The van der Waals surface area contributed by atoms with E-state index in [0.717, 1.165) is 11.4 Å². The van der Waals surface area contributed by atoms with E-state index < -0.39 is 0 Å². The van der Waals surface area contributed by atoms with Gasteiger partial charge in [0.15, 0.2) is 6.21 Å². The summed E-state index contributed by atoms with van der Waals surface area (Å²) < 4.78 is 2.21. The van der Waals surface area contributed by atoms with E-state index in [9.17, 15) is 0 Å². The van der Waals surface area contributed by atoms with E-state index in [-0.39, 0.29) is 0 Å². The fraction of sp³-hybridized carbons (Fsp3) is 0.0500. The lowest BCUT2D eigenvalue weighted by Crippen LogP contribution is -2.06. The molecule has 0 aliphatic heterocycles. The molecule has 0 amide bonds. The van der Waals surface area contributed by atoms with Crippen LogP contribution >= 0.6 is 0 Å². The lowest BCUT2D eigenvalue weighted by molar-refractivity contribution is 1.10. The minimum Gasteiger partial charge on any atom is -0.160 e. The monoisotopic (exact) mass is 272 g/mol. The molecule has 0 aromatic heterocycles. The van der Waals surface area contributed by atoms with Crippen LogP contribution in [0.25, 0.3) is 0 Å². The number of rotatable bonds is 3. The minimum atomic E-state index is 1.16. The van der Waals surface area contributed by atoms with Crippen molar-refractivity contribution in [2.45, 2.75) is 6.92 Å². The van der Waals surface area contributed by atoms with E-state index in [1.807, 2.05) is 12.1 Å². The molecule has 0 aliphatic carbocycles. The maximum absolute atomic E-state index is 2.21. The van der Waals surface area contributed by atoms with Crippen LogP contribution in [0, 0.1) is 6.92 Å². The molecule has 0 fully saturated rings. The Bertz CT molecular complexity index is 684. The highest BCUT2D eigenvalue weighted by Crippen LogP contribution is 2.19. The van der Waals surface area contributed by atoms with Crippen molar-refractivity contribution in [2.24, 2.45) is 0 Å². The molecule has 0 saturated heterocycles. The average Bonchev–Trinajstić information content (AvgIpc) is 2.56. The Kier molecular flexibility index (Phi) is 3.92. The van der Waals surface area contributed by atoms with Crippen molar-refractivity contribution in [3.05, 3.63) is 96.1 Å². The maximum Gasteiger partial charge on any atom is 0.211 e. The molecule has 0 aliphatic rings. The number of aryl methyl sites for hydroxylation is 1. The zero-order valence-electron chi connectivity index (χ0n) is 12.1. The highest BCUT2D eigenvalue weighted by atomic mass is 15.0. The van der Waals surface area contributed by atoms with Gasteiger partial charge < -0.3 is 0 Å². The molecule has 0 atom stereocenters. The molecule has 3 rings (SSSR count). The van der Waals surface area contributed by atoms with Gasteiger partial charge in [0.1, 0.15) is 0 Å². The minimum absolute atomic E-state index is 1.16. The van der Waals surface area contributed by atoms with Crippen molar-refractivity contribution in [1.29, 1.82) is 0 Å². The number of hydrogen-bond donors (Lipinski definition) is 0. The van der Waals surface area contributed by atoms with Crippen LogP contribution in [0.5, 0.6) is 0 Å². The van der Waals surface area contributed by atoms with Gasteiger partial charge in [0.05, 0.1) is 0 Å². The van der Waals surface area contributed by atoms with Gasteiger partial charge in [0.25, 0.3) is 0 Å². The Hall–Kier alpha value is -2.67. The van der Waals surface area contributed by atoms with Crippen molar-refractivity contribution in [2.75, 3.05) is 0 Å². The lowest BCUT2D eigenvalue weighted by Gasteiger charge is -2.02. The Morgan fingerprint density at radius 1 is 0.619 bits per heavy atom.